The molecule has 25 heavy (non-hydrogen) atoms. The first-order valence-electron chi connectivity index (χ1n) is 7.89. The maximum atomic E-state index is 13.6. The van der Waals surface area contributed by atoms with E-state index in [9.17, 15) is 4.39 Å². The van der Waals surface area contributed by atoms with Crippen LogP contribution in [0.5, 0.6) is 11.5 Å². The van der Waals surface area contributed by atoms with Gasteiger partial charge in [0.05, 0.1) is 5.52 Å². The largest absolute Gasteiger partial charge is 0.486 e. The molecule has 6 heteroatoms. The van der Waals surface area contributed by atoms with Gasteiger partial charge in [-0.3, -0.25) is 4.98 Å². The molecule has 0 saturated carbocycles. The van der Waals surface area contributed by atoms with Crippen molar-refractivity contribution in [1.29, 1.82) is 0 Å². The van der Waals surface area contributed by atoms with E-state index in [1.807, 2.05) is 42.5 Å². The van der Waals surface area contributed by atoms with Gasteiger partial charge >= 0.3 is 0 Å². The van der Waals surface area contributed by atoms with Crippen molar-refractivity contribution in [2.24, 2.45) is 5.73 Å². The highest BCUT2D eigenvalue weighted by molar-refractivity contribution is 9.10. The van der Waals surface area contributed by atoms with E-state index in [0.717, 1.165) is 20.9 Å². The zero-order chi connectivity index (χ0) is 17.6. The summed E-state index contributed by atoms with van der Waals surface area (Å²) in [6.07, 6.45) is 0.464. The summed E-state index contributed by atoms with van der Waals surface area (Å²) in [6, 6.07) is 15.3. The molecular formula is C19H18BrFN2O2. The van der Waals surface area contributed by atoms with E-state index in [1.165, 1.54) is 0 Å². The molecule has 0 amide bonds. The second-order valence-electron chi connectivity index (χ2n) is 5.53. The van der Waals surface area contributed by atoms with Crippen molar-refractivity contribution < 1.29 is 13.9 Å². The molecule has 0 spiro atoms. The number of aromatic nitrogens is 1. The summed E-state index contributed by atoms with van der Waals surface area (Å²) in [5, 5.41) is 0.754. The van der Waals surface area contributed by atoms with Crippen LogP contribution >= 0.6 is 15.9 Å². The molecule has 2 aromatic carbocycles. The third kappa shape index (κ3) is 4.46. The summed E-state index contributed by atoms with van der Waals surface area (Å²) in [4.78, 5) is 4.35. The van der Waals surface area contributed by atoms with E-state index in [0.29, 0.717) is 18.1 Å². The predicted molar refractivity (Wildman–Crippen MR) is 99.7 cm³/mol. The minimum absolute atomic E-state index is 0.0904. The van der Waals surface area contributed by atoms with E-state index >= 15 is 0 Å². The summed E-state index contributed by atoms with van der Waals surface area (Å²) in [5.74, 6) is 1.01. The summed E-state index contributed by atoms with van der Waals surface area (Å²) < 4.78 is 26.0. The quantitative estimate of drug-likeness (QED) is 0.639. The Morgan fingerprint density at radius 1 is 1.12 bits per heavy atom. The minimum atomic E-state index is -1.24. The van der Waals surface area contributed by atoms with Crippen LogP contribution in [0.1, 0.15) is 5.56 Å². The molecule has 0 unspecified atom stereocenters. The fraction of sp³-hybridized carbons (Fsp3) is 0.211. The van der Waals surface area contributed by atoms with Crippen molar-refractivity contribution in [3.8, 4) is 11.5 Å². The van der Waals surface area contributed by atoms with Gasteiger partial charge in [0.15, 0.2) is 11.5 Å². The van der Waals surface area contributed by atoms with Crippen LogP contribution in [-0.4, -0.2) is 24.3 Å². The van der Waals surface area contributed by atoms with Crippen LogP contribution < -0.4 is 15.2 Å². The van der Waals surface area contributed by atoms with Gasteiger partial charge in [0.1, 0.15) is 19.4 Å². The lowest BCUT2D eigenvalue weighted by Crippen LogP contribution is -2.22. The molecule has 1 atom stereocenters. The van der Waals surface area contributed by atoms with Gasteiger partial charge in [-0.25, -0.2) is 4.39 Å². The first-order chi connectivity index (χ1) is 12.2. The third-order valence-electron chi connectivity index (χ3n) is 3.65. The average molecular weight is 405 g/mol. The molecule has 3 rings (SSSR count). The number of nitrogens with zero attached hydrogens (tertiary/aromatic N) is 1. The van der Waals surface area contributed by atoms with Gasteiger partial charge in [-0.05, 0) is 39.7 Å². The Balaban J connectivity index is 1.92. The van der Waals surface area contributed by atoms with Crippen molar-refractivity contribution >= 4 is 26.8 Å². The van der Waals surface area contributed by atoms with Crippen molar-refractivity contribution in [2.45, 2.75) is 12.8 Å². The number of nitrogens with two attached hydrogens (primary N) is 1. The second kappa shape index (κ2) is 8.27. The van der Waals surface area contributed by atoms with Crippen molar-refractivity contribution in [3.05, 3.63) is 64.8 Å². The number of hydrogen-bond acceptors (Lipinski definition) is 4. The molecule has 1 heterocycles. The molecule has 0 fully saturated rings. The fourth-order valence-corrected chi connectivity index (χ4v) is 2.70. The molecule has 0 aliphatic carbocycles. The average Bonchev–Trinajstić information content (AvgIpc) is 2.65. The first-order valence-corrected chi connectivity index (χ1v) is 8.68. The Hall–Kier alpha value is -2.18. The maximum absolute atomic E-state index is 13.6. The zero-order valence-electron chi connectivity index (χ0n) is 13.5. The standard InChI is InChI=1S/C19H18BrFN2O2/c20-14-8-16-17(23-10-14)6-7-18(19(16)25-12-15(21)9-22)24-11-13-4-2-1-3-5-13/h1-8,10,15H,9,11-12,22H2/t15-/m0/s1. The maximum Gasteiger partial charge on any atom is 0.170 e. The molecular weight excluding hydrogens is 387 g/mol. The SMILES string of the molecule is NC[C@H](F)COc1c(OCc2ccccc2)ccc2ncc(Br)cc12. The number of ether oxygens (including phenoxy) is 2. The molecule has 1 aromatic heterocycles. The molecule has 130 valence electrons. The van der Waals surface area contributed by atoms with Gasteiger partial charge < -0.3 is 15.2 Å². The minimum Gasteiger partial charge on any atom is -0.486 e. The van der Waals surface area contributed by atoms with Gasteiger partial charge in [-0.2, -0.15) is 0 Å². The lowest BCUT2D eigenvalue weighted by atomic mass is 10.2. The van der Waals surface area contributed by atoms with Crippen LogP contribution in [0.25, 0.3) is 10.9 Å². The van der Waals surface area contributed by atoms with E-state index in [2.05, 4.69) is 20.9 Å². The fourth-order valence-electron chi connectivity index (χ4n) is 2.37. The van der Waals surface area contributed by atoms with E-state index in [1.54, 1.807) is 12.3 Å². The molecule has 0 aliphatic rings. The van der Waals surface area contributed by atoms with Crippen molar-refractivity contribution in [3.63, 3.8) is 0 Å². The molecule has 0 bridgehead atoms. The highest BCUT2D eigenvalue weighted by Gasteiger charge is 2.14. The second-order valence-corrected chi connectivity index (χ2v) is 6.45. The number of alkyl halides is 1. The Kier molecular flexibility index (Phi) is 5.83. The third-order valence-corrected chi connectivity index (χ3v) is 4.08. The van der Waals surface area contributed by atoms with Crippen LogP contribution in [0.3, 0.4) is 0 Å². The number of rotatable bonds is 7. The zero-order valence-corrected chi connectivity index (χ0v) is 15.1. The molecule has 4 nitrogen and oxygen atoms in total. The Labute approximate surface area is 153 Å². The normalized spacial score (nSPS) is 12.1. The summed E-state index contributed by atoms with van der Waals surface area (Å²) in [5.41, 5.74) is 7.12. The number of hydrogen-bond donors (Lipinski definition) is 1. The molecule has 2 N–H and O–H groups in total. The van der Waals surface area contributed by atoms with Crippen LogP contribution in [0.4, 0.5) is 4.39 Å². The van der Waals surface area contributed by atoms with Crippen LogP contribution in [0.15, 0.2) is 59.2 Å². The summed E-state index contributed by atoms with van der Waals surface area (Å²) >= 11 is 3.41. The van der Waals surface area contributed by atoms with Gasteiger partial charge in [-0.1, -0.05) is 30.3 Å². The summed E-state index contributed by atoms with van der Waals surface area (Å²) in [6.45, 7) is 0.164. The van der Waals surface area contributed by atoms with Gasteiger partial charge in [0, 0.05) is 22.6 Å². The van der Waals surface area contributed by atoms with Crippen LogP contribution in [0.2, 0.25) is 0 Å². The highest BCUT2D eigenvalue weighted by atomic mass is 79.9. The smallest absolute Gasteiger partial charge is 0.170 e. The number of benzene rings is 2. The number of halogens is 2. The Bertz CT molecular complexity index is 845. The van der Waals surface area contributed by atoms with Crippen molar-refractivity contribution in [2.75, 3.05) is 13.2 Å². The molecule has 0 radical (unpaired) electrons. The molecule has 0 aliphatic heterocycles. The van der Waals surface area contributed by atoms with E-state index in [-0.39, 0.29) is 13.2 Å². The van der Waals surface area contributed by atoms with Gasteiger partial charge in [0.2, 0.25) is 0 Å². The predicted octanol–water partition coefficient (Wildman–Crippen LogP) is 4.25. The molecule has 3 aromatic rings. The monoisotopic (exact) mass is 404 g/mol. The lowest BCUT2D eigenvalue weighted by Gasteiger charge is -2.16. The Morgan fingerprint density at radius 3 is 2.68 bits per heavy atom. The number of fused-ring (bicyclic) bond motifs is 1. The molecule has 0 saturated heterocycles. The van der Waals surface area contributed by atoms with E-state index in [4.69, 9.17) is 15.2 Å². The first kappa shape index (κ1) is 17.6. The van der Waals surface area contributed by atoms with Gasteiger partial charge in [-0.15, -0.1) is 0 Å². The van der Waals surface area contributed by atoms with E-state index < -0.39 is 6.17 Å². The van der Waals surface area contributed by atoms with Gasteiger partial charge in [0.25, 0.3) is 0 Å². The van der Waals surface area contributed by atoms with Crippen LogP contribution in [0, 0.1) is 0 Å². The lowest BCUT2D eigenvalue weighted by molar-refractivity contribution is 0.192. The van der Waals surface area contributed by atoms with Crippen molar-refractivity contribution in [1.82, 2.24) is 4.98 Å². The Morgan fingerprint density at radius 2 is 1.92 bits per heavy atom. The van der Waals surface area contributed by atoms with Crippen LogP contribution in [-0.2, 0) is 6.61 Å². The summed E-state index contributed by atoms with van der Waals surface area (Å²) in [7, 11) is 0. The topological polar surface area (TPSA) is 57.4 Å². The highest BCUT2D eigenvalue weighted by Crippen LogP contribution is 2.36. The number of pyridine rings is 1.